The van der Waals surface area contributed by atoms with Crippen molar-refractivity contribution >= 4 is 94.4 Å². The summed E-state index contributed by atoms with van der Waals surface area (Å²) in [6, 6.07) is 135. The standard InChI is InChI=1S/C90H60N2OSi/c1-7-28-61(29-8-1)66-54-67(62-30-9-2-10-31-62)56-71(55-66)94(69-36-15-5-16-37-69,70-38-17-6-18-39-70)72-59-81(63-32-11-3-12-33-63)90(82(60-72)64-34-13-4-14-35-64)92-85-48-25-22-43-76(85)83-58-68(51-53-86(83)92)91-84-47-24-21-42-75(84)80-46-27-45-79(89(80)91)74-41-20-19-40-73(74)65-50-52-78-77-44-23-26-49-87(77)93-88(78)57-65/h1-60H. The maximum Gasteiger partial charge on any atom is 0.179 e. The van der Waals surface area contributed by atoms with Crippen LogP contribution in [0, 0.1) is 0 Å². The maximum atomic E-state index is 6.50. The van der Waals surface area contributed by atoms with Crippen LogP contribution in [0.15, 0.2) is 368 Å². The van der Waals surface area contributed by atoms with Gasteiger partial charge in [-0.3, -0.25) is 0 Å². The summed E-state index contributed by atoms with van der Waals surface area (Å²) in [7, 11) is -3.34. The molecule has 0 spiro atoms. The summed E-state index contributed by atoms with van der Waals surface area (Å²) in [4.78, 5) is 0. The number of para-hydroxylation sites is 4. The molecule has 18 aromatic rings. The molecule has 4 heteroatoms. The summed E-state index contributed by atoms with van der Waals surface area (Å²) in [6.07, 6.45) is 0. The Hall–Kier alpha value is -12.1. The summed E-state index contributed by atoms with van der Waals surface area (Å²) in [6.45, 7) is 0. The first-order valence-electron chi connectivity index (χ1n) is 32.4. The fraction of sp³-hybridized carbons (Fsp3) is 0. The van der Waals surface area contributed by atoms with Crippen LogP contribution in [0.1, 0.15) is 0 Å². The Morgan fingerprint density at radius 2 is 0.660 bits per heavy atom. The molecule has 94 heavy (non-hydrogen) atoms. The van der Waals surface area contributed by atoms with Gasteiger partial charge in [0, 0.05) is 54.7 Å². The Balaban J connectivity index is 0.904. The molecule has 0 atom stereocenters. The number of rotatable bonds is 12. The number of benzene rings is 15. The Kier molecular flexibility index (Phi) is 13.2. The molecule has 18 rings (SSSR count). The zero-order valence-electron chi connectivity index (χ0n) is 51.4. The van der Waals surface area contributed by atoms with E-state index in [2.05, 4.69) is 367 Å². The molecule has 0 aliphatic heterocycles. The molecule has 0 N–H and O–H groups in total. The Labute approximate surface area is 546 Å². The van der Waals surface area contributed by atoms with E-state index in [-0.39, 0.29) is 0 Å². The molecular formula is C90H60N2OSi. The molecule has 0 amide bonds. The largest absolute Gasteiger partial charge is 0.456 e. The van der Waals surface area contributed by atoms with Gasteiger partial charge in [0.1, 0.15) is 11.2 Å². The number of hydrogen-bond acceptors (Lipinski definition) is 1. The lowest BCUT2D eigenvalue weighted by atomic mass is 9.92. The predicted molar refractivity (Wildman–Crippen MR) is 399 cm³/mol. The molecule has 0 aliphatic rings. The van der Waals surface area contributed by atoms with Gasteiger partial charge in [-0.1, -0.05) is 309 Å². The van der Waals surface area contributed by atoms with Crippen LogP contribution in [-0.4, -0.2) is 17.2 Å². The third-order valence-electron chi connectivity index (χ3n) is 19.4. The third kappa shape index (κ3) is 8.94. The van der Waals surface area contributed by atoms with Gasteiger partial charge in [0.25, 0.3) is 0 Å². The highest BCUT2D eigenvalue weighted by Crippen LogP contribution is 2.46. The van der Waals surface area contributed by atoms with E-state index in [1.807, 2.05) is 6.07 Å². The number of furan rings is 1. The fourth-order valence-electron chi connectivity index (χ4n) is 15.3. The van der Waals surface area contributed by atoms with Crippen molar-refractivity contribution in [2.45, 2.75) is 0 Å². The molecule has 3 heterocycles. The van der Waals surface area contributed by atoms with E-state index in [4.69, 9.17) is 4.42 Å². The quantitative estimate of drug-likeness (QED) is 0.0883. The van der Waals surface area contributed by atoms with Gasteiger partial charge in [-0.05, 0) is 125 Å². The summed E-state index contributed by atoms with van der Waals surface area (Å²) in [5.41, 5.74) is 22.5. The van der Waals surface area contributed by atoms with Crippen LogP contribution in [0.3, 0.4) is 0 Å². The molecule has 3 nitrogen and oxygen atoms in total. The second-order valence-corrected chi connectivity index (χ2v) is 28.4. The van der Waals surface area contributed by atoms with Gasteiger partial charge < -0.3 is 13.6 Å². The zero-order valence-corrected chi connectivity index (χ0v) is 52.4. The average molecular weight is 1210 g/mol. The van der Waals surface area contributed by atoms with Gasteiger partial charge in [-0.25, -0.2) is 0 Å². The maximum absolute atomic E-state index is 6.50. The van der Waals surface area contributed by atoms with Crippen molar-refractivity contribution in [1.82, 2.24) is 9.13 Å². The van der Waals surface area contributed by atoms with E-state index in [1.54, 1.807) is 0 Å². The summed E-state index contributed by atoms with van der Waals surface area (Å²) in [5.74, 6) is 0. The minimum Gasteiger partial charge on any atom is -0.456 e. The van der Waals surface area contributed by atoms with Gasteiger partial charge in [-0.15, -0.1) is 0 Å². The molecule has 0 fully saturated rings. The van der Waals surface area contributed by atoms with E-state index < -0.39 is 8.07 Å². The summed E-state index contributed by atoms with van der Waals surface area (Å²) < 4.78 is 11.6. The van der Waals surface area contributed by atoms with Crippen molar-refractivity contribution in [2.75, 3.05) is 0 Å². The van der Waals surface area contributed by atoms with Gasteiger partial charge in [-0.2, -0.15) is 0 Å². The monoisotopic (exact) mass is 1210 g/mol. The van der Waals surface area contributed by atoms with Gasteiger partial charge in [0.15, 0.2) is 8.07 Å². The van der Waals surface area contributed by atoms with Crippen LogP contribution < -0.4 is 20.7 Å². The normalized spacial score (nSPS) is 11.8. The van der Waals surface area contributed by atoms with Crippen molar-refractivity contribution in [2.24, 2.45) is 0 Å². The van der Waals surface area contributed by atoms with E-state index in [1.165, 1.54) is 64.5 Å². The van der Waals surface area contributed by atoms with Crippen molar-refractivity contribution in [1.29, 1.82) is 0 Å². The van der Waals surface area contributed by atoms with Crippen molar-refractivity contribution < 1.29 is 4.42 Å². The van der Waals surface area contributed by atoms with Crippen LogP contribution >= 0.6 is 0 Å². The van der Waals surface area contributed by atoms with E-state index in [0.717, 1.165) is 99.9 Å². The van der Waals surface area contributed by atoms with Crippen LogP contribution in [0.2, 0.25) is 0 Å². The average Bonchev–Trinajstić information content (AvgIpc) is 1.22. The number of fused-ring (bicyclic) bond motifs is 9. The highest BCUT2D eigenvalue weighted by molar-refractivity contribution is 7.20. The zero-order chi connectivity index (χ0) is 62.1. The molecule has 0 saturated heterocycles. The second kappa shape index (κ2) is 22.7. The lowest BCUT2D eigenvalue weighted by Gasteiger charge is -2.36. The highest BCUT2D eigenvalue weighted by atomic mass is 28.3. The van der Waals surface area contributed by atoms with Crippen LogP contribution in [-0.2, 0) is 0 Å². The molecule has 440 valence electrons. The number of aromatic nitrogens is 2. The minimum atomic E-state index is -3.34. The predicted octanol–water partition coefficient (Wildman–Crippen LogP) is 21.2. The van der Waals surface area contributed by atoms with E-state index >= 15 is 0 Å². The molecule has 0 saturated carbocycles. The smallest absolute Gasteiger partial charge is 0.179 e. The SMILES string of the molecule is c1ccc(-c2cc(-c3ccccc3)cc([Si](c3ccccc3)(c3ccccc3)c3cc(-c4ccccc4)c(-n4c5ccccc5c5cc(-n6c7ccccc7c7cccc(-c8ccccc8-c8ccc9c(c8)oc8ccccc89)c76)ccc54)c(-c4ccccc4)c3)c2)cc1. The molecule has 15 aromatic carbocycles. The first kappa shape index (κ1) is 54.8. The summed E-state index contributed by atoms with van der Waals surface area (Å²) >= 11 is 0. The van der Waals surface area contributed by atoms with Crippen LogP contribution in [0.5, 0.6) is 0 Å². The van der Waals surface area contributed by atoms with Crippen molar-refractivity contribution in [3.8, 4) is 78.1 Å². The van der Waals surface area contributed by atoms with Gasteiger partial charge in [0.05, 0.1) is 27.8 Å². The Morgan fingerprint density at radius 3 is 1.27 bits per heavy atom. The topological polar surface area (TPSA) is 23.0 Å². The minimum absolute atomic E-state index is 0.882. The molecular weight excluding hydrogens is 1150 g/mol. The Bertz CT molecular complexity index is 5730. The first-order chi connectivity index (χ1) is 46.6. The second-order valence-electron chi connectivity index (χ2n) is 24.6. The van der Waals surface area contributed by atoms with E-state index in [9.17, 15) is 0 Å². The van der Waals surface area contributed by atoms with Crippen molar-refractivity contribution in [3.63, 3.8) is 0 Å². The summed E-state index contributed by atoms with van der Waals surface area (Å²) in [5, 5.41) is 12.2. The highest BCUT2D eigenvalue weighted by Gasteiger charge is 2.43. The fourth-order valence-corrected chi connectivity index (χ4v) is 20.1. The van der Waals surface area contributed by atoms with Gasteiger partial charge >= 0.3 is 0 Å². The van der Waals surface area contributed by atoms with E-state index in [0.29, 0.717) is 0 Å². The first-order valence-corrected chi connectivity index (χ1v) is 34.4. The van der Waals surface area contributed by atoms with Crippen LogP contribution in [0.4, 0.5) is 0 Å². The lowest BCUT2D eigenvalue weighted by molar-refractivity contribution is 0.669. The number of hydrogen-bond donors (Lipinski definition) is 0. The van der Waals surface area contributed by atoms with Gasteiger partial charge in [0.2, 0.25) is 0 Å². The molecule has 0 unspecified atom stereocenters. The van der Waals surface area contributed by atoms with Crippen LogP contribution in [0.25, 0.3) is 144 Å². The third-order valence-corrected chi connectivity index (χ3v) is 24.2. The molecule has 0 radical (unpaired) electrons. The lowest BCUT2D eigenvalue weighted by Crippen LogP contribution is -2.74. The number of nitrogens with zero attached hydrogens (tertiary/aromatic N) is 2. The molecule has 0 aliphatic carbocycles. The molecule has 0 bridgehead atoms. The molecule has 3 aromatic heterocycles. The Morgan fingerprint density at radius 1 is 0.213 bits per heavy atom. The van der Waals surface area contributed by atoms with Crippen molar-refractivity contribution in [3.05, 3.63) is 364 Å².